The van der Waals surface area contributed by atoms with Gasteiger partial charge < -0.3 is 10.1 Å². The summed E-state index contributed by atoms with van der Waals surface area (Å²) >= 11 is 1.84. The zero-order valence-electron chi connectivity index (χ0n) is 10.4. The molecule has 0 aliphatic rings. The fourth-order valence-electron chi connectivity index (χ4n) is 1.12. The summed E-state index contributed by atoms with van der Waals surface area (Å²) < 4.78 is 5.56. The monoisotopic (exact) mass is 240 g/mol. The molecule has 0 aromatic carbocycles. The molecular formula is C12H20N2OS. The highest BCUT2D eigenvalue weighted by Gasteiger charge is 2.15. The van der Waals surface area contributed by atoms with Crippen LogP contribution in [0.2, 0.25) is 0 Å². The van der Waals surface area contributed by atoms with Crippen molar-refractivity contribution in [1.29, 1.82) is 0 Å². The SMILES string of the molecule is CCOc1cccc(NCC(C)(C)SC)n1. The summed E-state index contributed by atoms with van der Waals surface area (Å²) in [7, 11) is 0. The minimum atomic E-state index is 0.212. The molecule has 1 aromatic heterocycles. The predicted molar refractivity (Wildman–Crippen MR) is 71.5 cm³/mol. The highest BCUT2D eigenvalue weighted by atomic mass is 32.2. The Hall–Kier alpha value is -0.900. The molecule has 1 N–H and O–H groups in total. The molecule has 0 saturated carbocycles. The molecular weight excluding hydrogens is 220 g/mol. The molecule has 0 saturated heterocycles. The van der Waals surface area contributed by atoms with Crippen molar-refractivity contribution in [2.24, 2.45) is 0 Å². The lowest BCUT2D eigenvalue weighted by molar-refractivity contribution is 0.327. The third-order valence-corrected chi connectivity index (χ3v) is 3.51. The first kappa shape index (κ1) is 13.2. The molecule has 0 radical (unpaired) electrons. The van der Waals surface area contributed by atoms with Crippen molar-refractivity contribution in [2.45, 2.75) is 25.5 Å². The van der Waals surface area contributed by atoms with Gasteiger partial charge in [-0.1, -0.05) is 6.07 Å². The van der Waals surface area contributed by atoms with E-state index in [0.29, 0.717) is 12.5 Å². The third kappa shape index (κ3) is 4.31. The van der Waals surface area contributed by atoms with Crippen LogP contribution < -0.4 is 10.1 Å². The van der Waals surface area contributed by atoms with Gasteiger partial charge in [0.15, 0.2) is 0 Å². The van der Waals surface area contributed by atoms with E-state index in [1.54, 1.807) is 0 Å². The second-order valence-electron chi connectivity index (χ2n) is 4.11. The first-order valence-corrected chi connectivity index (χ1v) is 6.69. The molecule has 0 amide bonds. The highest BCUT2D eigenvalue weighted by molar-refractivity contribution is 7.99. The summed E-state index contributed by atoms with van der Waals surface area (Å²) in [5.41, 5.74) is 0. The Labute approximate surface area is 102 Å². The minimum absolute atomic E-state index is 0.212. The lowest BCUT2D eigenvalue weighted by Gasteiger charge is -2.22. The van der Waals surface area contributed by atoms with E-state index < -0.39 is 0 Å². The van der Waals surface area contributed by atoms with E-state index in [9.17, 15) is 0 Å². The molecule has 3 nitrogen and oxygen atoms in total. The van der Waals surface area contributed by atoms with E-state index in [1.807, 2.05) is 36.9 Å². The Kier molecular flexibility index (Phi) is 4.93. The number of anilines is 1. The van der Waals surface area contributed by atoms with Crippen LogP contribution in [0.5, 0.6) is 5.88 Å². The van der Waals surface area contributed by atoms with Crippen molar-refractivity contribution in [3.8, 4) is 5.88 Å². The number of nitrogens with one attached hydrogen (secondary N) is 1. The van der Waals surface area contributed by atoms with E-state index in [2.05, 4.69) is 30.4 Å². The smallest absolute Gasteiger partial charge is 0.215 e. The Morgan fingerprint density at radius 2 is 2.19 bits per heavy atom. The Balaban J connectivity index is 2.57. The standard InChI is InChI=1S/C12H20N2OS/c1-5-15-11-8-6-7-10(14-11)13-9-12(2,3)16-4/h6-8H,5,9H2,1-4H3,(H,13,14). The van der Waals surface area contributed by atoms with Crippen LogP contribution >= 0.6 is 11.8 Å². The van der Waals surface area contributed by atoms with Crippen LogP contribution in [-0.2, 0) is 0 Å². The molecule has 0 unspecified atom stereocenters. The van der Waals surface area contributed by atoms with E-state index in [1.165, 1.54) is 0 Å². The van der Waals surface area contributed by atoms with Gasteiger partial charge in [-0.05, 0) is 33.1 Å². The van der Waals surface area contributed by atoms with Gasteiger partial charge in [0.2, 0.25) is 5.88 Å². The second kappa shape index (κ2) is 5.99. The summed E-state index contributed by atoms with van der Waals surface area (Å²) in [5.74, 6) is 1.54. The van der Waals surface area contributed by atoms with Crippen LogP contribution in [0, 0.1) is 0 Å². The largest absolute Gasteiger partial charge is 0.478 e. The lowest BCUT2D eigenvalue weighted by Crippen LogP contribution is -2.26. The minimum Gasteiger partial charge on any atom is -0.478 e. The normalized spacial score (nSPS) is 11.2. The average molecular weight is 240 g/mol. The predicted octanol–water partition coefficient (Wildman–Crippen LogP) is 3.03. The fourth-order valence-corrected chi connectivity index (χ4v) is 1.33. The molecule has 4 heteroatoms. The van der Waals surface area contributed by atoms with Crippen LogP contribution in [0.1, 0.15) is 20.8 Å². The van der Waals surface area contributed by atoms with Gasteiger partial charge in [-0.3, -0.25) is 0 Å². The van der Waals surface area contributed by atoms with Crippen LogP contribution in [0.25, 0.3) is 0 Å². The summed E-state index contributed by atoms with van der Waals surface area (Å²) in [6.45, 7) is 7.90. The maximum Gasteiger partial charge on any atom is 0.215 e. The Morgan fingerprint density at radius 1 is 1.44 bits per heavy atom. The fraction of sp³-hybridized carbons (Fsp3) is 0.583. The molecule has 90 valence electrons. The Morgan fingerprint density at radius 3 is 2.81 bits per heavy atom. The summed E-state index contributed by atoms with van der Waals surface area (Å²) in [5, 5.41) is 3.32. The van der Waals surface area contributed by atoms with E-state index in [-0.39, 0.29) is 4.75 Å². The zero-order valence-corrected chi connectivity index (χ0v) is 11.2. The van der Waals surface area contributed by atoms with Crippen molar-refractivity contribution in [2.75, 3.05) is 24.7 Å². The zero-order chi connectivity index (χ0) is 12.0. The number of aromatic nitrogens is 1. The van der Waals surface area contributed by atoms with Gasteiger partial charge in [-0.25, -0.2) is 0 Å². The van der Waals surface area contributed by atoms with Gasteiger partial charge in [0.05, 0.1) is 6.61 Å². The molecule has 1 rings (SSSR count). The first-order chi connectivity index (χ1) is 7.57. The molecule has 1 aromatic rings. The third-order valence-electron chi connectivity index (χ3n) is 2.26. The van der Waals surface area contributed by atoms with Crippen molar-refractivity contribution in [3.63, 3.8) is 0 Å². The number of nitrogens with zero attached hydrogens (tertiary/aromatic N) is 1. The summed E-state index contributed by atoms with van der Waals surface area (Å²) in [6.07, 6.45) is 2.12. The van der Waals surface area contributed by atoms with Crippen LogP contribution in [0.15, 0.2) is 18.2 Å². The van der Waals surface area contributed by atoms with E-state index >= 15 is 0 Å². The topological polar surface area (TPSA) is 34.1 Å². The number of ether oxygens (including phenoxy) is 1. The van der Waals surface area contributed by atoms with Gasteiger partial charge in [0, 0.05) is 17.4 Å². The number of rotatable bonds is 6. The first-order valence-electron chi connectivity index (χ1n) is 5.46. The molecule has 0 spiro atoms. The van der Waals surface area contributed by atoms with E-state index in [0.717, 1.165) is 12.4 Å². The molecule has 0 aliphatic carbocycles. The molecule has 0 bridgehead atoms. The maximum absolute atomic E-state index is 5.35. The maximum atomic E-state index is 5.35. The van der Waals surface area contributed by atoms with Gasteiger partial charge in [-0.15, -0.1) is 0 Å². The molecule has 0 fully saturated rings. The average Bonchev–Trinajstić information content (AvgIpc) is 2.28. The molecule has 0 atom stereocenters. The van der Waals surface area contributed by atoms with Gasteiger partial charge >= 0.3 is 0 Å². The molecule has 1 heterocycles. The second-order valence-corrected chi connectivity index (χ2v) is 5.62. The van der Waals surface area contributed by atoms with Crippen molar-refractivity contribution in [1.82, 2.24) is 4.98 Å². The summed E-state index contributed by atoms with van der Waals surface area (Å²) in [4.78, 5) is 4.36. The number of pyridine rings is 1. The number of hydrogen-bond acceptors (Lipinski definition) is 4. The summed E-state index contributed by atoms with van der Waals surface area (Å²) in [6, 6.07) is 5.78. The molecule has 0 aliphatic heterocycles. The van der Waals surface area contributed by atoms with Gasteiger partial charge in [0.25, 0.3) is 0 Å². The van der Waals surface area contributed by atoms with Gasteiger partial charge in [0.1, 0.15) is 5.82 Å². The van der Waals surface area contributed by atoms with Crippen molar-refractivity contribution >= 4 is 17.6 Å². The lowest BCUT2D eigenvalue weighted by atomic mass is 10.2. The van der Waals surface area contributed by atoms with Gasteiger partial charge in [-0.2, -0.15) is 16.7 Å². The van der Waals surface area contributed by atoms with Crippen LogP contribution in [0.4, 0.5) is 5.82 Å². The van der Waals surface area contributed by atoms with Crippen molar-refractivity contribution in [3.05, 3.63) is 18.2 Å². The number of hydrogen-bond donors (Lipinski definition) is 1. The highest BCUT2D eigenvalue weighted by Crippen LogP contribution is 2.21. The van der Waals surface area contributed by atoms with Crippen LogP contribution in [-0.4, -0.2) is 29.1 Å². The van der Waals surface area contributed by atoms with E-state index in [4.69, 9.17) is 4.74 Å². The molecule has 16 heavy (non-hydrogen) atoms. The quantitative estimate of drug-likeness (QED) is 0.828. The van der Waals surface area contributed by atoms with Crippen LogP contribution in [0.3, 0.4) is 0 Å². The Bertz CT molecular complexity index is 329. The van der Waals surface area contributed by atoms with Crippen molar-refractivity contribution < 1.29 is 4.74 Å². The number of thioether (sulfide) groups is 1.